The summed E-state index contributed by atoms with van der Waals surface area (Å²) in [5.74, 6) is -0.539. The number of halogens is 1. The van der Waals surface area contributed by atoms with Crippen LogP contribution in [0, 0.1) is 5.82 Å². The van der Waals surface area contributed by atoms with Crippen LogP contribution in [0.2, 0.25) is 0 Å². The van der Waals surface area contributed by atoms with Gasteiger partial charge in [-0.05, 0) is 30.5 Å². The number of benzene rings is 1. The van der Waals surface area contributed by atoms with Crippen LogP contribution in [-0.2, 0) is 9.59 Å². The SMILES string of the molecule is O=C1CN([C@H](C(=O)NC2CC2)c2ccc(F)cc2)CCN1. The molecule has 0 bridgehead atoms. The Labute approximate surface area is 122 Å². The molecule has 1 aliphatic heterocycles. The highest BCUT2D eigenvalue weighted by Crippen LogP contribution is 2.25. The molecule has 2 amide bonds. The molecule has 1 aliphatic carbocycles. The summed E-state index contributed by atoms with van der Waals surface area (Å²) in [6.45, 7) is 1.30. The molecule has 1 atom stereocenters. The molecule has 112 valence electrons. The van der Waals surface area contributed by atoms with Gasteiger partial charge in [0.05, 0.1) is 6.54 Å². The quantitative estimate of drug-likeness (QED) is 0.853. The summed E-state index contributed by atoms with van der Waals surface area (Å²) in [6, 6.07) is 5.61. The maximum absolute atomic E-state index is 13.1. The van der Waals surface area contributed by atoms with Crippen LogP contribution < -0.4 is 10.6 Å². The van der Waals surface area contributed by atoms with Gasteiger partial charge in [0.2, 0.25) is 11.8 Å². The molecule has 1 saturated carbocycles. The van der Waals surface area contributed by atoms with Gasteiger partial charge in [0.25, 0.3) is 0 Å². The third-order valence-electron chi connectivity index (χ3n) is 3.79. The van der Waals surface area contributed by atoms with Gasteiger partial charge < -0.3 is 10.6 Å². The molecule has 0 unspecified atom stereocenters. The third kappa shape index (κ3) is 3.39. The van der Waals surface area contributed by atoms with Crippen molar-refractivity contribution in [3.63, 3.8) is 0 Å². The fourth-order valence-electron chi connectivity index (χ4n) is 2.56. The van der Waals surface area contributed by atoms with E-state index in [0.717, 1.165) is 12.8 Å². The molecule has 1 saturated heterocycles. The third-order valence-corrected chi connectivity index (χ3v) is 3.79. The Morgan fingerprint density at radius 3 is 2.67 bits per heavy atom. The Morgan fingerprint density at radius 2 is 2.05 bits per heavy atom. The van der Waals surface area contributed by atoms with Gasteiger partial charge in [-0.15, -0.1) is 0 Å². The van der Waals surface area contributed by atoms with Gasteiger partial charge in [0.1, 0.15) is 11.9 Å². The Kier molecular flexibility index (Phi) is 3.88. The Bertz CT molecular complexity index is 542. The minimum atomic E-state index is -0.544. The fraction of sp³-hybridized carbons (Fsp3) is 0.467. The minimum Gasteiger partial charge on any atom is -0.354 e. The molecule has 1 aromatic rings. The Balaban J connectivity index is 1.83. The van der Waals surface area contributed by atoms with Crippen molar-refractivity contribution in [2.45, 2.75) is 24.9 Å². The largest absolute Gasteiger partial charge is 0.354 e. The first-order chi connectivity index (χ1) is 10.1. The smallest absolute Gasteiger partial charge is 0.242 e. The summed E-state index contributed by atoms with van der Waals surface area (Å²) < 4.78 is 13.1. The molecule has 0 radical (unpaired) electrons. The summed E-state index contributed by atoms with van der Waals surface area (Å²) in [5, 5.41) is 5.72. The van der Waals surface area contributed by atoms with Gasteiger partial charge >= 0.3 is 0 Å². The summed E-state index contributed by atoms with van der Waals surface area (Å²) in [6.07, 6.45) is 2.00. The van der Waals surface area contributed by atoms with Crippen molar-refractivity contribution in [3.8, 4) is 0 Å². The topological polar surface area (TPSA) is 61.4 Å². The number of rotatable bonds is 4. The predicted octanol–water partition coefficient (Wildman–Crippen LogP) is 0.577. The molecule has 2 fully saturated rings. The molecule has 2 N–H and O–H groups in total. The second-order valence-electron chi connectivity index (χ2n) is 5.56. The van der Waals surface area contributed by atoms with Crippen LogP contribution in [0.4, 0.5) is 4.39 Å². The monoisotopic (exact) mass is 291 g/mol. The molecule has 1 aromatic carbocycles. The Morgan fingerprint density at radius 1 is 1.33 bits per heavy atom. The summed E-state index contributed by atoms with van der Waals surface area (Å²) >= 11 is 0. The number of nitrogens with zero attached hydrogens (tertiary/aromatic N) is 1. The molecule has 21 heavy (non-hydrogen) atoms. The van der Waals surface area contributed by atoms with Crippen LogP contribution >= 0.6 is 0 Å². The van der Waals surface area contributed by atoms with E-state index in [0.29, 0.717) is 18.7 Å². The van der Waals surface area contributed by atoms with Gasteiger partial charge in [-0.1, -0.05) is 12.1 Å². The van der Waals surface area contributed by atoms with Crippen molar-refractivity contribution in [2.24, 2.45) is 0 Å². The van der Waals surface area contributed by atoms with Gasteiger partial charge in [-0.3, -0.25) is 14.5 Å². The highest BCUT2D eigenvalue weighted by atomic mass is 19.1. The van der Waals surface area contributed by atoms with Crippen molar-refractivity contribution in [2.75, 3.05) is 19.6 Å². The number of carbonyl (C=O) groups is 2. The van der Waals surface area contributed by atoms with Crippen molar-refractivity contribution in [1.29, 1.82) is 0 Å². The van der Waals surface area contributed by atoms with E-state index in [2.05, 4.69) is 10.6 Å². The van der Waals surface area contributed by atoms with Gasteiger partial charge in [0.15, 0.2) is 0 Å². The predicted molar refractivity (Wildman–Crippen MR) is 74.9 cm³/mol. The first-order valence-corrected chi connectivity index (χ1v) is 7.20. The van der Waals surface area contributed by atoms with E-state index in [4.69, 9.17) is 0 Å². The second kappa shape index (κ2) is 5.81. The Hall–Kier alpha value is -1.95. The lowest BCUT2D eigenvalue weighted by atomic mass is 10.0. The van der Waals surface area contributed by atoms with Crippen LogP contribution in [0.15, 0.2) is 24.3 Å². The van der Waals surface area contributed by atoms with Crippen LogP contribution in [0.25, 0.3) is 0 Å². The first-order valence-electron chi connectivity index (χ1n) is 7.20. The number of carbonyl (C=O) groups excluding carboxylic acids is 2. The summed E-state index contributed by atoms with van der Waals surface area (Å²) in [5.41, 5.74) is 0.712. The van der Waals surface area contributed by atoms with E-state index in [9.17, 15) is 14.0 Å². The van der Waals surface area contributed by atoms with Crippen LogP contribution in [-0.4, -0.2) is 42.4 Å². The van der Waals surface area contributed by atoms with E-state index in [-0.39, 0.29) is 30.2 Å². The second-order valence-corrected chi connectivity index (χ2v) is 5.56. The first kappa shape index (κ1) is 14.0. The van der Waals surface area contributed by atoms with Crippen LogP contribution in [0.1, 0.15) is 24.4 Å². The van der Waals surface area contributed by atoms with Gasteiger partial charge in [-0.25, -0.2) is 4.39 Å². The molecule has 6 heteroatoms. The van der Waals surface area contributed by atoms with Crippen molar-refractivity contribution < 1.29 is 14.0 Å². The maximum atomic E-state index is 13.1. The molecule has 2 aliphatic rings. The highest BCUT2D eigenvalue weighted by Gasteiger charge is 2.34. The standard InChI is InChI=1S/C15H18FN3O2/c16-11-3-1-10(2-4-11)14(15(21)18-12-5-6-12)19-8-7-17-13(20)9-19/h1-4,12,14H,5-9H2,(H,17,20)(H,18,21)/t14-/m0/s1. The van der Waals surface area contributed by atoms with E-state index in [1.807, 2.05) is 4.90 Å². The zero-order chi connectivity index (χ0) is 14.8. The zero-order valence-corrected chi connectivity index (χ0v) is 11.6. The van der Waals surface area contributed by atoms with Gasteiger partial charge in [-0.2, -0.15) is 0 Å². The molecule has 5 nitrogen and oxygen atoms in total. The highest BCUT2D eigenvalue weighted by molar-refractivity contribution is 5.85. The number of piperazine rings is 1. The lowest BCUT2D eigenvalue weighted by Gasteiger charge is -2.33. The van der Waals surface area contributed by atoms with Crippen LogP contribution in [0.5, 0.6) is 0 Å². The van der Waals surface area contributed by atoms with Gasteiger partial charge in [0, 0.05) is 19.1 Å². The lowest BCUT2D eigenvalue weighted by Crippen LogP contribution is -2.52. The van der Waals surface area contributed by atoms with Crippen LogP contribution in [0.3, 0.4) is 0 Å². The van der Waals surface area contributed by atoms with E-state index < -0.39 is 6.04 Å². The molecule has 1 heterocycles. The summed E-state index contributed by atoms with van der Waals surface area (Å²) in [7, 11) is 0. The summed E-state index contributed by atoms with van der Waals surface area (Å²) in [4.78, 5) is 25.9. The lowest BCUT2D eigenvalue weighted by molar-refractivity contribution is -0.131. The van der Waals surface area contributed by atoms with Crippen molar-refractivity contribution in [1.82, 2.24) is 15.5 Å². The van der Waals surface area contributed by atoms with E-state index >= 15 is 0 Å². The zero-order valence-electron chi connectivity index (χ0n) is 11.6. The van der Waals surface area contributed by atoms with Crippen molar-refractivity contribution >= 4 is 11.8 Å². The average molecular weight is 291 g/mol. The van der Waals surface area contributed by atoms with Crippen molar-refractivity contribution in [3.05, 3.63) is 35.6 Å². The average Bonchev–Trinajstić information content (AvgIpc) is 3.25. The number of hydrogen-bond acceptors (Lipinski definition) is 3. The minimum absolute atomic E-state index is 0.0902. The van der Waals surface area contributed by atoms with E-state index in [1.54, 1.807) is 12.1 Å². The molecular weight excluding hydrogens is 273 g/mol. The number of amides is 2. The number of hydrogen-bond donors (Lipinski definition) is 2. The molecule has 0 spiro atoms. The molecular formula is C15H18FN3O2. The normalized spacial score (nSPS) is 20.7. The molecule has 3 rings (SSSR count). The fourth-order valence-corrected chi connectivity index (χ4v) is 2.56. The van der Waals surface area contributed by atoms with E-state index in [1.165, 1.54) is 12.1 Å². The molecule has 0 aromatic heterocycles. The maximum Gasteiger partial charge on any atom is 0.242 e. The number of nitrogens with one attached hydrogen (secondary N) is 2.